The molecule has 53 heavy (non-hydrogen) atoms. The topological polar surface area (TPSA) is 17.8 Å². The average molecular weight is 677 g/mol. The van der Waals surface area contributed by atoms with Gasteiger partial charge in [-0.2, -0.15) is 0 Å². The highest BCUT2D eigenvalue weighted by Gasteiger charge is 2.52. The number of nitrogens with zero attached hydrogens (tertiary/aromatic N) is 2. The van der Waals surface area contributed by atoms with Crippen LogP contribution in [-0.2, 0) is 10.8 Å². The molecule has 1 aliphatic heterocycles. The Morgan fingerprint density at radius 1 is 0.396 bits per heavy atom. The van der Waals surface area contributed by atoms with Crippen LogP contribution in [-0.4, -0.2) is 9.55 Å². The van der Waals surface area contributed by atoms with Gasteiger partial charge in [-0.15, -0.1) is 0 Å². The van der Waals surface area contributed by atoms with Crippen molar-refractivity contribution in [1.82, 2.24) is 9.55 Å². The molecule has 1 spiro atoms. The van der Waals surface area contributed by atoms with Gasteiger partial charge in [0.15, 0.2) is 0 Å². The van der Waals surface area contributed by atoms with Crippen LogP contribution in [0.2, 0.25) is 0 Å². The maximum absolute atomic E-state index is 5.41. The normalized spacial score (nSPS) is 16.3. The Balaban J connectivity index is 1.27. The molecule has 3 heterocycles. The fourth-order valence-corrected chi connectivity index (χ4v) is 9.72. The summed E-state index contributed by atoms with van der Waals surface area (Å²) in [5.74, 6) is 0. The maximum atomic E-state index is 5.41. The lowest BCUT2D eigenvalue weighted by Gasteiger charge is -2.50. The van der Waals surface area contributed by atoms with Gasteiger partial charge in [0.1, 0.15) is 0 Å². The van der Waals surface area contributed by atoms with Crippen LogP contribution in [0.3, 0.4) is 0 Å². The quantitative estimate of drug-likeness (QED) is 0.182. The van der Waals surface area contributed by atoms with Gasteiger partial charge in [0, 0.05) is 27.3 Å². The fraction of sp³-hybridized carbons (Fsp3) is 0.0784. The van der Waals surface area contributed by atoms with Gasteiger partial charge >= 0.3 is 0 Å². The van der Waals surface area contributed by atoms with Crippen molar-refractivity contribution in [3.05, 3.63) is 215 Å². The van der Waals surface area contributed by atoms with E-state index in [4.69, 9.17) is 4.98 Å². The molecule has 2 nitrogen and oxygen atoms in total. The van der Waals surface area contributed by atoms with E-state index in [2.05, 4.69) is 200 Å². The molecular formula is C51H36N2. The molecule has 0 radical (unpaired) electrons. The molecule has 11 rings (SSSR count). The van der Waals surface area contributed by atoms with Crippen LogP contribution in [0.5, 0.6) is 0 Å². The third-order valence-electron chi connectivity index (χ3n) is 12.0. The van der Waals surface area contributed by atoms with Crippen molar-refractivity contribution in [2.75, 3.05) is 0 Å². The van der Waals surface area contributed by atoms with Crippen LogP contribution in [0.15, 0.2) is 182 Å². The van der Waals surface area contributed by atoms with Crippen molar-refractivity contribution in [3.63, 3.8) is 0 Å². The molecule has 0 N–H and O–H groups in total. The lowest BCUT2D eigenvalue weighted by molar-refractivity contribution is 0.556. The van der Waals surface area contributed by atoms with Gasteiger partial charge in [-0.05, 0) is 74.8 Å². The predicted octanol–water partition coefficient (Wildman–Crippen LogP) is 12.5. The second-order valence-corrected chi connectivity index (χ2v) is 15.1. The summed E-state index contributed by atoms with van der Waals surface area (Å²) in [7, 11) is 0. The van der Waals surface area contributed by atoms with Crippen LogP contribution in [0.4, 0.5) is 0 Å². The lowest BCUT2D eigenvalue weighted by Crippen LogP contribution is -2.44. The van der Waals surface area contributed by atoms with Crippen LogP contribution in [0, 0.1) is 0 Å². The molecule has 0 saturated heterocycles. The van der Waals surface area contributed by atoms with E-state index in [-0.39, 0.29) is 5.41 Å². The first-order chi connectivity index (χ1) is 26.0. The zero-order chi connectivity index (χ0) is 35.3. The van der Waals surface area contributed by atoms with Crippen molar-refractivity contribution in [2.45, 2.75) is 24.7 Å². The molecule has 2 aromatic heterocycles. The summed E-state index contributed by atoms with van der Waals surface area (Å²) in [6.07, 6.45) is 0. The van der Waals surface area contributed by atoms with Crippen LogP contribution in [0.25, 0.3) is 61.1 Å². The molecule has 2 aliphatic rings. The standard InChI is InChI=1S/C51H36N2/c1-50(2)39-22-10-11-23-41(39)51(42-24-12-14-27-48(42)53-47-26-13-9-20-37(47)38-21-15-25-43(51)49(38)53)44-30-35(28-29-40(44)50)46-32-36(33-16-5-3-6-17-33)31-45(52-46)34-18-7-4-8-19-34/h3-32H,1-2H3. The van der Waals surface area contributed by atoms with Crippen LogP contribution < -0.4 is 0 Å². The van der Waals surface area contributed by atoms with E-state index in [1.807, 2.05) is 0 Å². The van der Waals surface area contributed by atoms with Crippen molar-refractivity contribution in [1.29, 1.82) is 0 Å². The van der Waals surface area contributed by atoms with Crippen LogP contribution >= 0.6 is 0 Å². The monoisotopic (exact) mass is 676 g/mol. The van der Waals surface area contributed by atoms with E-state index in [1.165, 1.54) is 66.4 Å². The second-order valence-electron chi connectivity index (χ2n) is 15.1. The summed E-state index contributed by atoms with van der Waals surface area (Å²) >= 11 is 0. The molecule has 1 atom stereocenters. The molecule has 0 bridgehead atoms. The molecule has 250 valence electrons. The maximum Gasteiger partial charge on any atom is 0.0748 e. The van der Waals surface area contributed by atoms with E-state index >= 15 is 0 Å². The zero-order valence-electron chi connectivity index (χ0n) is 29.7. The van der Waals surface area contributed by atoms with Crippen molar-refractivity contribution >= 4 is 21.8 Å². The molecule has 0 fully saturated rings. The highest BCUT2D eigenvalue weighted by Crippen LogP contribution is 2.60. The number of rotatable bonds is 3. The first-order valence-corrected chi connectivity index (χ1v) is 18.6. The number of aromatic nitrogens is 2. The van der Waals surface area contributed by atoms with E-state index in [9.17, 15) is 0 Å². The number of hydrogen-bond acceptors (Lipinski definition) is 1. The molecular weight excluding hydrogens is 641 g/mol. The van der Waals surface area contributed by atoms with Crippen LogP contribution in [0.1, 0.15) is 47.2 Å². The largest absolute Gasteiger partial charge is 0.309 e. The van der Waals surface area contributed by atoms with Gasteiger partial charge in [0.2, 0.25) is 0 Å². The average Bonchev–Trinajstić information content (AvgIpc) is 3.57. The van der Waals surface area contributed by atoms with E-state index < -0.39 is 5.41 Å². The molecule has 0 amide bonds. The third-order valence-corrected chi connectivity index (χ3v) is 12.0. The summed E-state index contributed by atoms with van der Waals surface area (Å²) in [4.78, 5) is 5.41. The first kappa shape index (κ1) is 30.1. The van der Waals surface area contributed by atoms with Gasteiger partial charge in [-0.25, -0.2) is 4.98 Å². The molecule has 1 unspecified atom stereocenters. The number of benzene rings is 7. The Kier molecular flexibility index (Phi) is 6.25. The highest BCUT2D eigenvalue weighted by molar-refractivity contribution is 6.12. The number of hydrogen-bond donors (Lipinski definition) is 0. The SMILES string of the molecule is CC1(C)c2ccccc2C2(c3ccccc3-n3c4ccccc4c4cccc2c43)c2cc(-c3cc(-c4ccccc4)cc(-c4ccccc4)n3)ccc21. The molecule has 9 aromatic rings. The second kappa shape index (κ2) is 11.0. The minimum Gasteiger partial charge on any atom is -0.309 e. The van der Waals surface area contributed by atoms with Crippen molar-refractivity contribution in [3.8, 4) is 39.3 Å². The van der Waals surface area contributed by atoms with E-state index in [0.717, 1.165) is 28.1 Å². The summed E-state index contributed by atoms with van der Waals surface area (Å²) < 4.78 is 2.52. The molecule has 2 heteroatoms. The van der Waals surface area contributed by atoms with E-state index in [0.29, 0.717) is 0 Å². The number of para-hydroxylation sites is 3. The van der Waals surface area contributed by atoms with Gasteiger partial charge in [0.25, 0.3) is 0 Å². The highest BCUT2D eigenvalue weighted by atomic mass is 15.0. The number of fused-ring (bicyclic) bond motifs is 11. The van der Waals surface area contributed by atoms with E-state index in [1.54, 1.807) is 0 Å². The summed E-state index contributed by atoms with van der Waals surface area (Å²) in [5, 5.41) is 2.57. The van der Waals surface area contributed by atoms with Crippen molar-refractivity contribution in [2.24, 2.45) is 0 Å². The Hall–Kier alpha value is -6.51. The Bertz CT molecular complexity index is 2860. The third kappa shape index (κ3) is 4.06. The summed E-state index contributed by atoms with van der Waals surface area (Å²) in [6.45, 7) is 4.79. The lowest BCUT2D eigenvalue weighted by atomic mass is 9.53. The van der Waals surface area contributed by atoms with Gasteiger partial charge < -0.3 is 4.57 Å². The Labute approximate surface area is 309 Å². The molecule has 0 saturated carbocycles. The minimum atomic E-state index is -0.558. The molecule has 1 aliphatic carbocycles. The predicted molar refractivity (Wildman–Crippen MR) is 219 cm³/mol. The Morgan fingerprint density at radius 3 is 1.77 bits per heavy atom. The first-order valence-electron chi connectivity index (χ1n) is 18.6. The fourth-order valence-electron chi connectivity index (χ4n) is 9.72. The van der Waals surface area contributed by atoms with Crippen molar-refractivity contribution < 1.29 is 0 Å². The Morgan fingerprint density at radius 2 is 0.981 bits per heavy atom. The number of pyridine rings is 1. The molecule has 7 aromatic carbocycles. The smallest absolute Gasteiger partial charge is 0.0748 e. The zero-order valence-corrected chi connectivity index (χ0v) is 29.7. The summed E-state index contributed by atoms with van der Waals surface area (Å²) in [5.41, 5.74) is 17.5. The van der Waals surface area contributed by atoms with Gasteiger partial charge in [-0.3, -0.25) is 0 Å². The minimum absolute atomic E-state index is 0.225. The van der Waals surface area contributed by atoms with Gasteiger partial charge in [0.05, 0.1) is 33.5 Å². The van der Waals surface area contributed by atoms with Gasteiger partial charge in [-0.1, -0.05) is 166 Å². The summed E-state index contributed by atoms with van der Waals surface area (Å²) in [6, 6.07) is 67.1.